The summed E-state index contributed by atoms with van der Waals surface area (Å²) < 4.78 is 50.8. The molecule has 54 heavy (non-hydrogen) atoms. The normalized spacial score (nSPS) is 16.8. The van der Waals surface area contributed by atoms with Crippen molar-refractivity contribution in [3.63, 3.8) is 0 Å². The van der Waals surface area contributed by atoms with Gasteiger partial charge in [-0.05, 0) is 66.8 Å². The molecule has 0 aliphatic carbocycles. The Balaban J connectivity index is 1.26. The van der Waals surface area contributed by atoms with Crippen molar-refractivity contribution in [3.8, 4) is 16.9 Å². The summed E-state index contributed by atoms with van der Waals surface area (Å²) in [4.78, 5) is 33.7. The molecule has 2 aliphatic heterocycles. The number of carboxylic acid groups (broad SMARTS) is 1. The van der Waals surface area contributed by atoms with Gasteiger partial charge in [0.05, 0.1) is 35.7 Å². The highest BCUT2D eigenvalue weighted by Crippen LogP contribution is 2.40. The number of benzene rings is 3. The minimum Gasteiger partial charge on any atom is -0.496 e. The van der Waals surface area contributed by atoms with Crippen LogP contribution in [0.25, 0.3) is 23.3 Å². The number of aliphatic carboxylic acids is 1. The molecule has 1 atom stereocenters. The number of fused-ring (bicyclic) bond motifs is 1. The van der Waals surface area contributed by atoms with Crippen molar-refractivity contribution in [2.45, 2.75) is 57.9 Å². The average molecular weight is 766 g/mol. The zero-order chi connectivity index (χ0) is 38.7. The average Bonchev–Trinajstić information content (AvgIpc) is 3.47. The molecular formula is C40H43ClF3N5O5. The van der Waals surface area contributed by atoms with E-state index in [9.17, 15) is 33.0 Å². The first-order chi connectivity index (χ1) is 25.8. The van der Waals surface area contributed by atoms with Gasteiger partial charge in [0.1, 0.15) is 11.8 Å². The lowest BCUT2D eigenvalue weighted by atomic mass is 9.94. The van der Waals surface area contributed by atoms with E-state index in [-0.39, 0.29) is 35.9 Å². The maximum Gasteiger partial charge on any atom is 0.417 e. The van der Waals surface area contributed by atoms with Crippen molar-refractivity contribution in [1.82, 2.24) is 19.4 Å². The molecule has 1 fully saturated rings. The van der Waals surface area contributed by atoms with E-state index < -0.39 is 29.7 Å². The number of likely N-dealkylation sites (tertiary alicyclic amines) is 1. The smallest absolute Gasteiger partial charge is 0.417 e. The van der Waals surface area contributed by atoms with Crippen LogP contribution in [-0.2, 0) is 37.5 Å². The molecule has 3 aromatic carbocycles. The third-order valence-corrected chi connectivity index (χ3v) is 10.7. The predicted molar refractivity (Wildman–Crippen MR) is 201 cm³/mol. The number of imidazole rings is 1. The fourth-order valence-electron chi connectivity index (χ4n) is 7.45. The van der Waals surface area contributed by atoms with Crippen LogP contribution in [-0.4, -0.2) is 80.8 Å². The number of amides is 1. The first-order valence-corrected chi connectivity index (χ1v) is 18.2. The molecule has 0 bridgehead atoms. The number of rotatable bonds is 11. The van der Waals surface area contributed by atoms with Gasteiger partial charge in [0, 0.05) is 56.5 Å². The minimum atomic E-state index is -4.68. The molecule has 4 aromatic rings. The number of alkyl halides is 3. The molecule has 0 saturated carbocycles. The van der Waals surface area contributed by atoms with E-state index in [2.05, 4.69) is 15.2 Å². The van der Waals surface area contributed by atoms with E-state index in [1.54, 1.807) is 46.9 Å². The molecule has 14 heteroatoms. The second-order valence-corrected chi connectivity index (χ2v) is 14.1. The van der Waals surface area contributed by atoms with Gasteiger partial charge < -0.3 is 24.8 Å². The minimum absolute atomic E-state index is 0.0165. The van der Waals surface area contributed by atoms with Gasteiger partial charge in [0.15, 0.2) is 5.82 Å². The van der Waals surface area contributed by atoms with E-state index >= 15 is 0 Å². The highest BCUT2D eigenvalue weighted by atomic mass is 35.5. The Kier molecular flexibility index (Phi) is 11.8. The van der Waals surface area contributed by atoms with Crippen molar-refractivity contribution in [2.75, 3.05) is 38.7 Å². The van der Waals surface area contributed by atoms with Gasteiger partial charge in [-0.1, -0.05) is 60.5 Å². The molecule has 1 amide bonds. The monoisotopic (exact) mass is 765 g/mol. The summed E-state index contributed by atoms with van der Waals surface area (Å²) in [5.41, 5.74) is 4.23. The van der Waals surface area contributed by atoms with E-state index in [0.717, 1.165) is 48.0 Å². The molecule has 6 rings (SSSR count). The Morgan fingerprint density at radius 3 is 2.54 bits per heavy atom. The lowest BCUT2D eigenvalue weighted by molar-refractivity contribution is -0.145. The standard InChI is InChI=1S/C40H43ClF3N5O5/c1-24-25(13-14-26-21-35(54-3)27(20-30(26)40(42,43)44)22-49-16-5-4-12-34(49)39(52)53)8-6-9-28(24)29-10-7-11-31(36(29)41)46-38(51)37-45-32-23-48(18-19-50)17-15-33(32)47(37)2/h6-11,13-14,20-21,34,50H,4-5,12,15-19,22-23H2,1-3H3,(H,46,51)(H,52,53)/b14-13+. The van der Waals surface area contributed by atoms with Crippen LogP contribution < -0.4 is 10.1 Å². The second kappa shape index (κ2) is 16.4. The Morgan fingerprint density at radius 1 is 1.07 bits per heavy atom. The second-order valence-electron chi connectivity index (χ2n) is 13.7. The molecule has 3 N–H and O–H groups in total. The number of nitrogens with one attached hydrogen (secondary N) is 1. The van der Waals surface area contributed by atoms with Crippen molar-refractivity contribution in [2.24, 2.45) is 7.05 Å². The van der Waals surface area contributed by atoms with Crippen LogP contribution >= 0.6 is 11.6 Å². The molecule has 3 heterocycles. The summed E-state index contributed by atoms with van der Waals surface area (Å²) in [6.07, 6.45) is 0.979. The quantitative estimate of drug-likeness (QED) is 0.136. The summed E-state index contributed by atoms with van der Waals surface area (Å²) in [6, 6.07) is 12.3. The maximum absolute atomic E-state index is 14.5. The number of halogens is 4. The summed E-state index contributed by atoms with van der Waals surface area (Å²) in [7, 11) is 3.19. The third kappa shape index (κ3) is 8.19. The van der Waals surface area contributed by atoms with Crippen molar-refractivity contribution >= 4 is 41.3 Å². The molecule has 0 radical (unpaired) electrons. The van der Waals surface area contributed by atoms with E-state index in [1.807, 2.05) is 19.1 Å². The number of methoxy groups -OCH3 is 1. The van der Waals surface area contributed by atoms with Crippen LogP contribution in [0.2, 0.25) is 5.02 Å². The number of aliphatic hydroxyl groups excluding tert-OH is 1. The number of ether oxygens (including phenoxy) is 1. The molecule has 2 aliphatic rings. The fourth-order valence-corrected chi connectivity index (χ4v) is 7.73. The van der Waals surface area contributed by atoms with Gasteiger partial charge in [-0.2, -0.15) is 13.2 Å². The highest BCUT2D eigenvalue weighted by molar-refractivity contribution is 6.36. The molecule has 10 nitrogen and oxygen atoms in total. The van der Waals surface area contributed by atoms with E-state index in [4.69, 9.17) is 16.3 Å². The Morgan fingerprint density at radius 2 is 1.81 bits per heavy atom. The van der Waals surface area contributed by atoms with Crippen LogP contribution in [0, 0.1) is 6.92 Å². The zero-order valence-corrected chi connectivity index (χ0v) is 31.1. The first-order valence-electron chi connectivity index (χ1n) is 17.8. The van der Waals surface area contributed by atoms with E-state index in [1.165, 1.54) is 19.3 Å². The number of carbonyl (C=O) groups excluding carboxylic acids is 1. The molecule has 1 unspecified atom stereocenters. The molecular weight excluding hydrogens is 723 g/mol. The van der Waals surface area contributed by atoms with Gasteiger partial charge >= 0.3 is 12.1 Å². The van der Waals surface area contributed by atoms with Crippen LogP contribution in [0.1, 0.15) is 69.1 Å². The number of aliphatic hydroxyl groups is 1. The van der Waals surface area contributed by atoms with Gasteiger partial charge in [-0.3, -0.25) is 19.4 Å². The number of nitrogens with zero attached hydrogens (tertiary/aromatic N) is 4. The lowest BCUT2D eigenvalue weighted by Gasteiger charge is -2.33. The molecule has 1 aromatic heterocycles. The molecule has 1 saturated heterocycles. The maximum atomic E-state index is 14.5. The number of hydrogen-bond acceptors (Lipinski definition) is 7. The Hall–Kier alpha value is -4.69. The molecule has 0 spiro atoms. The summed E-state index contributed by atoms with van der Waals surface area (Å²) in [6.45, 7) is 4.21. The van der Waals surface area contributed by atoms with Crippen molar-refractivity contribution in [1.29, 1.82) is 0 Å². The number of β-amino-alcohol motifs (C(OH)–C–C–N with tert-alkyl or cyclic N) is 1. The van der Waals surface area contributed by atoms with Gasteiger partial charge in [-0.25, -0.2) is 4.98 Å². The van der Waals surface area contributed by atoms with Crippen LogP contribution in [0.5, 0.6) is 5.75 Å². The molecule has 286 valence electrons. The van der Waals surface area contributed by atoms with Crippen LogP contribution in [0.15, 0.2) is 48.5 Å². The number of piperidine rings is 1. The largest absolute Gasteiger partial charge is 0.496 e. The number of anilines is 1. The zero-order valence-electron chi connectivity index (χ0n) is 30.3. The summed E-state index contributed by atoms with van der Waals surface area (Å²) in [5, 5.41) is 22.2. The van der Waals surface area contributed by atoms with Crippen molar-refractivity contribution in [3.05, 3.63) is 98.6 Å². The van der Waals surface area contributed by atoms with E-state index in [0.29, 0.717) is 54.3 Å². The third-order valence-electron chi connectivity index (χ3n) is 10.3. The van der Waals surface area contributed by atoms with Gasteiger partial charge in [0.2, 0.25) is 0 Å². The number of hydrogen-bond donors (Lipinski definition) is 3. The van der Waals surface area contributed by atoms with Gasteiger partial charge in [0.25, 0.3) is 5.91 Å². The topological polar surface area (TPSA) is 120 Å². The van der Waals surface area contributed by atoms with Crippen LogP contribution in [0.3, 0.4) is 0 Å². The lowest BCUT2D eigenvalue weighted by Crippen LogP contribution is -2.44. The highest BCUT2D eigenvalue weighted by Gasteiger charge is 2.35. The van der Waals surface area contributed by atoms with Crippen LogP contribution in [0.4, 0.5) is 18.9 Å². The SMILES string of the molecule is COc1cc(/C=C/c2cccc(-c3cccc(NC(=O)c4nc5c(n4C)CCN(CCO)C5)c3Cl)c2C)c(C(F)(F)F)cc1CN1CCCCC1C(=O)O. The number of carboxylic acids is 1. The predicted octanol–water partition coefficient (Wildman–Crippen LogP) is 7.29. The first kappa shape index (κ1) is 39.0. The number of aromatic nitrogens is 2. The Labute approximate surface area is 316 Å². The number of carbonyl (C=O) groups is 2. The fraction of sp³-hybridized carbons (Fsp3) is 0.375. The summed E-state index contributed by atoms with van der Waals surface area (Å²) in [5.74, 6) is -0.931. The van der Waals surface area contributed by atoms with Gasteiger partial charge in [-0.15, -0.1) is 0 Å². The Bertz CT molecular complexity index is 2080. The van der Waals surface area contributed by atoms with Crippen molar-refractivity contribution < 1.29 is 37.7 Å². The summed E-state index contributed by atoms with van der Waals surface area (Å²) >= 11 is 6.92.